The standard InChI is InChI=1S/C13H17N3O/c1-2-6-14-8-12-15-10-3-4-11-9(5-7-17-11)13(10)16-12/h5,7,14H,2-4,6,8H2,1H3,(H,15,16). The molecular formula is C13H17N3O. The number of aromatic nitrogens is 2. The third-order valence-corrected chi connectivity index (χ3v) is 3.15. The summed E-state index contributed by atoms with van der Waals surface area (Å²) in [5, 5.41) is 3.36. The molecule has 3 rings (SSSR count). The first-order valence-corrected chi connectivity index (χ1v) is 6.23. The summed E-state index contributed by atoms with van der Waals surface area (Å²) in [6.07, 6.45) is 4.87. The van der Waals surface area contributed by atoms with Gasteiger partial charge in [-0.25, -0.2) is 4.98 Å². The van der Waals surface area contributed by atoms with Crippen molar-refractivity contribution in [3.05, 3.63) is 29.6 Å². The highest BCUT2D eigenvalue weighted by molar-refractivity contribution is 5.66. The van der Waals surface area contributed by atoms with Crippen LogP contribution in [-0.2, 0) is 19.4 Å². The predicted molar refractivity (Wildman–Crippen MR) is 65.7 cm³/mol. The first-order chi connectivity index (χ1) is 8.38. The highest BCUT2D eigenvalue weighted by Gasteiger charge is 2.22. The number of imidazole rings is 1. The first-order valence-electron chi connectivity index (χ1n) is 6.23. The minimum absolute atomic E-state index is 0.814. The molecule has 4 heteroatoms. The minimum atomic E-state index is 0.814. The molecule has 90 valence electrons. The Balaban J connectivity index is 1.84. The van der Waals surface area contributed by atoms with E-state index >= 15 is 0 Å². The molecular weight excluding hydrogens is 214 g/mol. The SMILES string of the molecule is CCCNCc1nc2c([nH]1)CCc1occc1-2. The highest BCUT2D eigenvalue weighted by atomic mass is 16.3. The number of aryl methyl sites for hydroxylation is 2. The van der Waals surface area contributed by atoms with Gasteiger partial charge < -0.3 is 14.7 Å². The van der Waals surface area contributed by atoms with Crippen LogP contribution in [0.15, 0.2) is 16.7 Å². The molecule has 17 heavy (non-hydrogen) atoms. The van der Waals surface area contributed by atoms with Crippen LogP contribution in [-0.4, -0.2) is 16.5 Å². The highest BCUT2D eigenvalue weighted by Crippen LogP contribution is 2.32. The van der Waals surface area contributed by atoms with E-state index < -0.39 is 0 Å². The van der Waals surface area contributed by atoms with Crippen LogP contribution in [0.5, 0.6) is 0 Å². The Kier molecular flexibility index (Phi) is 2.73. The van der Waals surface area contributed by atoms with Gasteiger partial charge in [0.15, 0.2) is 0 Å². The van der Waals surface area contributed by atoms with Gasteiger partial charge in [0.1, 0.15) is 11.6 Å². The molecule has 0 fully saturated rings. The lowest BCUT2D eigenvalue weighted by Crippen LogP contribution is -2.14. The summed E-state index contributed by atoms with van der Waals surface area (Å²) in [6, 6.07) is 2.01. The van der Waals surface area contributed by atoms with Gasteiger partial charge >= 0.3 is 0 Å². The number of hydrogen-bond donors (Lipinski definition) is 2. The maximum absolute atomic E-state index is 5.45. The largest absolute Gasteiger partial charge is 0.469 e. The van der Waals surface area contributed by atoms with Crippen molar-refractivity contribution in [3.8, 4) is 11.3 Å². The smallest absolute Gasteiger partial charge is 0.121 e. The molecule has 1 aliphatic rings. The molecule has 0 spiro atoms. The van der Waals surface area contributed by atoms with Gasteiger partial charge in [-0.05, 0) is 25.5 Å². The van der Waals surface area contributed by atoms with Gasteiger partial charge in [-0.2, -0.15) is 0 Å². The van der Waals surface area contributed by atoms with Crippen LogP contribution in [0.3, 0.4) is 0 Å². The summed E-state index contributed by atoms with van der Waals surface area (Å²) in [7, 11) is 0. The summed E-state index contributed by atoms with van der Waals surface area (Å²) in [6.45, 7) is 4.01. The van der Waals surface area contributed by atoms with E-state index in [9.17, 15) is 0 Å². The van der Waals surface area contributed by atoms with Gasteiger partial charge in [-0.1, -0.05) is 6.92 Å². The maximum atomic E-state index is 5.45. The Morgan fingerprint density at radius 1 is 1.47 bits per heavy atom. The van der Waals surface area contributed by atoms with E-state index in [-0.39, 0.29) is 0 Å². The van der Waals surface area contributed by atoms with Crippen LogP contribution in [0.1, 0.15) is 30.6 Å². The molecule has 1 aliphatic carbocycles. The summed E-state index contributed by atoms with van der Waals surface area (Å²) in [4.78, 5) is 8.07. The average molecular weight is 231 g/mol. The topological polar surface area (TPSA) is 53.9 Å². The van der Waals surface area contributed by atoms with Crippen LogP contribution in [0.2, 0.25) is 0 Å². The number of nitrogens with one attached hydrogen (secondary N) is 2. The lowest BCUT2D eigenvalue weighted by Gasteiger charge is -2.08. The van der Waals surface area contributed by atoms with Crippen molar-refractivity contribution >= 4 is 0 Å². The van der Waals surface area contributed by atoms with Crippen LogP contribution in [0, 0.1) is 0 Å². The Morgan fingerprint density at radius 3 is 3.29 bits per heavy atom. The zero-order valence-corrected chi connectivity index (χ0v) is 10.0. The molecule has 0 amide bonds. The maximum Gasteiger partial charge on any atom is 0.121 e. The van der Waals surface area contributed by atoms with E-state index in [1.807, 2.05) is 6.07 Å². The fourth-order valence-corrected chi connectivity index (χ4v) is 2.32. The second kappa shape index (κ2) is 4.37. The van der Waals surface area contributed by atoms with Gasteiger partial charge in [-0.3, -0.25) is 0 Å². The number of nitrogens with zero attached hydrogens (tertiary/aromatic N) is 1. The summed E-state index contributed by atoms with van der Waals surface area (Å²) in [5.41, 5.74) is 3.48. The monoisotopic (exact) mass is 231 g/mol. The molecule has 0 bridgehead atoms. The van der Waals surface area contributed by atoms with Crippen molar-refractivity contribution in [3.63, 3.8) is 0 Å². The van der Waals surface area contributed by atoms with Gasteiger partial charge in [0.05, 0.1) is 18.5 Å². The average Bonchev–Trinajstić information content (AvgIpc) is 2.93. The number of aromatic amines is 1. The molecule has 0 atom stereocenters. The molecule has 2 N–H and O–H groups in total. The Hall–Kier alpha value is -1.55. The van der Waals surface area contributed by atoms with E-state index in [1.54, 1.807) is 6.26 Å². The summed E-state index contributed by atoms with van der Waals surface area (Å²) < 4.78 is 5.45. The van der Waals surface area contributed by atoms with E-state index in [0.717, 1.165) is 55.2 Å². The van der Waals surface area contributed by atoms with Gasteiger partial charge in [-0.15, -0.1) is 0 Å². The third-order valence-electron chi connectivity index (χ3n) is 3.15. The zero-order chi connectivity index (χ0) is 11.7. The zero-order valence-electron chi connectivity index (χ0n) is 10.0. The quantitative estimate of drug-likeness (QED) is 0.794. The number of furan rings is 1. The Morgan fingerprint density at radius 2 is 2.41 bits per heavy atom. The van der Waals surface area contributed by atoms with Crippen molar-refractivity contribution in [1.82, 2.24) is 15.3 Å². The van der Waals surface area contributed by atoms with E-state index in [4.69, 9.17) is 4.42 Å². The van der Waals surface area contributed by atoms with Crippen LogP contribution in [0.25, 0.3) is 11.3 Å². The van der Waals surface area contributed by atoms with Crippen LogP contribution >= 0.6 is 0 Å². The lowest BCUT2D eigenvalue weighted by atomic mass is 10.00. The molecule has 2 aromatic rings. The van der Waals surface area contributed by atoms with E-state index in [1.165, 1.54) is 5.69 Å². The van der Waals surface area contributed by atoms with Crippen LogP contribution in [0.4, 0.5) is 0 Å². The fourth-order valence-electron chi connectivity index (χ4n) is 2.32. The Labute approximate surface area is 100 Å². The number of fused-ring (bicyclic) bond motifs is 3. The molecule has 0 aromatic carbocycles. The normalized spacial score (nSPS) is 13.5. The van der Waals surface area contributed by atoms with E-state index in [0.29, 0.717) is 0 Å². The Bertz CT molecular complexity index is 512. The first kappa shape index (κ1) is 10.6. The second-order valence-corrected chi connectivity index (χ2v) is 4.44. The van der Waals surface area contributed by atoms with Crippen molar-refractivity contribution in [2.75, 3.05) is 6.54 Å². The molecule has 0 unspecified atom stereocenters. The van der Waals surface area contributed by atoms with E-state index in [2.05, 4.69) is 22.2 Å². The summed E-state index contributed by atoms with van der Waals surface area (Å²) in [5.74, 6) is 2.09. The van der Waals surface area contributed by atoms with Gasteiger partial charge in [0.2, 0.25) is 0 Å². The fraction of sp³-hybridized carbons (Fsp3) is 0.462. The van der Waals surface area contributed by atoms with Crippen LogP contribution < -0.4 is 5.32 Å². The predicted octanol–water partition coefficient (Wildman–Crippen LogP) is 2.27. The molecule has 0 saturated heterocycles. The summed E-state index contributed by atoms with van der Waals surface area (Å²) >= 11 is 0. The number of rotatable bonds is 4. The van der Waals surface area contributed by atoms with Crippen molar-refractivity contribution in [2.24, 2.45) is 0 Å². The third kappa shape index (κ3) is 1.89. The number of H-pyrrole nitrogens is 1. The molecule has 0 saturated carbocycles. The van der Waals surface area contributed by atoms with Crippen molar-refractivity contribution in [2.45, 2.75) is 32.7 Å². The van der Waals surface area contributed by atoms with Crippen molar-refractivity contribution in [1.29, 1.82) is 0 Å². The van der Waals surface area contributed by atoms with Crippen molar-refractivity contribution < 1.29 is 4.42 Å². The second-order valence-electron chi connectivity index (χ2n) is 4.44. The van der Waals surface area contributed by atoms with Gasteiger partial charge in [0.25, 0.3) is 0 Å². The molecule has 0 radical (unpaired) electrons. The molecule has 2 aromatic heterocycles. The minimum Gasteiger partial charge on any atom is -0.469 e. The molecule has 4 nitrogen and oxygen atoms in total. The number of hydrogen-bond acceptors (Lipinski definition) is 3. The lowest BCUT2D eigenvalue weighted by molar-refractivity contribution is 0.506. The van der Waals surface area contributed by atoms with Gasteiger partial charge in [0, 0.05) is 17.7 Å². The molecule has 2 heterocycles. The molecule has 0 aliphatic heterocycles.